The van der Waals surface area contributed by atoms with Crippen molar-refractivity contribution in [2.75, 3.05) is 0 Å². The van der Waals surface area contributed by atoms with E-state index in [4.69, 9.17) is 11.6 Å². The van der Waals surface area contributed by atoms with E-state index in [-0.39, 0.29) is 5.91 Å². The number of halogens is 2. The van der Waals surface area contributed by atoms with Gasteiger partial charge in [-0.1, -0.05) is 37.3 Å². The van der Waals surface area contributed by atoms with Gasteiger partial charge in [0.2, 0.25) is 0 Å². The SMILES string of the molecule is O=C(NC1CCCCCC1)c1ccc(Cl)cc1Br. The Hall–Kier alpha value is -0.540. The monoisotopic (exact) mass is 329 g/mol. The number of carbonyl (C=O) groups is 1. The van der Waals surface area contributed by atoms with Gasteiger partial charge in [0.1, 0.15) is 0 Å². The van der Waals surface area contributed by atoms with Crippen LogP contribution in [0.2, 0.25) is 5.02 Å². The predicted octanol–water partition coefficient (Wildman–Crippen LogP) is 4.56. The molecule has 0 aliphatic heterocycles. The molecular formula is C14H17BrClNO. The summed E-state index contributed by atoms with van der Waals surface area (Å²) in [6, 6.07) is 5.58. The Labute approximate surface area is 121 Å². The molecule has 0 bridgehead atoms. The van der Waals surface area contributed by atoms with Gasteiger partial charge in [-0.2, -0.15) is 0 Å². The van der Waals surface area contributed by atoms with Crippen molar-refractivity contribution in [3.63, 3.8) is 0 Å². The van der Waals surface area contributed by atoms with Crippen LogP contribution < -0.4 is 5.32 Å². The molecule has 1 saturated carbocycles. The fourth-order valence-corrected chi connectivity index (χ4v) is 3.22. The topological polar surface area (TPSA) is 29.1 Å². The van der Waals surface area contributed by atoms with Crippen LogP contribution in [-0.4, -0.2) is 11.9 Å². The van der Waals surface area contributed by atoms with Gasteiger partial charge in [-0.05, 0) is 47.0 Å². The molecule has 2 rings (SSSR count). The number of hydrogen-bond acceptors (Lipinski definition) is 1. The second-order valence-corrected chi connectivity index (χ2v) is 6.08. The molecule has 0 saturated heterocycles. The third-order valence-corrected chi connectivity index (χ3v) is 4.26. The first-order valence-electron chi connectivity index (χ1n) is 6.43. The van der Waals surface area contributed by atoms with Gasteiger partial charge in [0.05, 0.1) is 5.56 Å². The van der Waals surface area contributed by atoms with E-state index in [1.54, 1.807) is 18.2 Å². The summed E-state index contributed by atoms with van der Waals surface area (Å²) < 4.78 is 0.751. The molecule has 0 spiro atoms. The third-order valence-electron chi connectivity index (χ3n) is 3.37. The Kier molecular flexibility index (Phi) is 5.07. The van der Waals surface area contributed by atoms with Crippen molar-refractivity contribution in [3.8, 4) is 0 Å². The molecule has 0 radical (unpaired) electrons. The first-order valence-corrected chi connectivity index (χ1v) is 7.60. The molecule has 1 fully saturated rings. The van der Waals surface area contributed by atoms with Crippen molar-refractivity contribution >= 4 is 33.4 Å². The molecule has 1 amide bonds. The van der Waals surface area contributed by atoms with E-state index in [0.717, 1.165) is 17.3 Å². The third kappa shape index (κ3) is 3.72. The van der Waals surface area contributed by atoms with Crippen LogP contribution in [0.4, 0.5) is 0 Å². The second kappa shape index (κ2) is 6.58. The quantitative estimate of drug-likeness (QED) is 0.792. The van der Waals surface area contributed by atoms with E-state index in [9.17, 15) is 4.79 Å². The minimum absolute atomic E-state index is 0.00885. The molecule has 1 aromatic rings. The van der Waals surface area contributed by atoms with Gasteiger partial charge in [0.25, 0.3) is 5.91 Å². The highest BCUT2D eigenvalue weighted by molar-refractivity contribution is 9.10. The molecule has 18 heavy (non-hydrogen) atoms. The average molecular weight is 331 g/mol. The van der Waals surface area contributed by atoms with Crippen LogP contribution in [0.5, 0.6) is 0 Å². The Morgan fingerprint density at radius 1 is 1.22 bits per heavy atom. The van der Waals surface area contributed by atoms with Gasteiger partial charge in [-0.3, -0.25) is 4.79 Å². The van der Waals surface area contributed by atoms with Gasteiger partial charge >= 0.3 is 0 Å². The first-order chi connectivity index (χ1) is 8.66. The van der Waals surface area contributed by atoms with E-state index in [2.05, 4.69) is 21.2 Å². The minimum Gasteiger partial charge on any atom is -0.349 e. The maximum Gasteiger partial charge on any atom is 0.252 e. The number of amides is 1. The Balaban J connectivity index is 2.02. The summed E-state index contributed by atoms with van der Waals surface area (Å²) in [5, 5.41) is 3.76. The molecule has 1 aliphatic carbocycles. The molecule has 0 heterocycles. The van der Waals surface area contributed by atoms with Crippen molar-refractivity contribution in [1.82, 2.24) is 5.32 Å². The van der Waals surface area contributed by atoms with Crippen molar-refractivity contribution in [2.24, 2.45) is 0 Å². The summed E-state index contributed by atoms with van der Waals surface area (Å²) in [5.74, 6) is -0.00885. The van der Waals surface area contributed by atoms with Crippen LogP contribution in [-0.2, 0) is 0 Å². The predicted molar refractivity (Wildman–Crippen MR) is 78.1 cm³/mol. The van der Waals surface area contributed by atoms with Crippen molar-refractivity contribution in [1.29, 1.82) is 0 Å². The molecule has 2 nitrogen and oxygen atoms in total. The Morgan fingerprint density at radius 3 is 2.50 bits per heavy atom. The van der Waals surface area contributed by atoms with E-state index in [0.29, 0.717) is 16.6 Å². The van der Waals surface area contributed by atoms with Crippen LogP contribution in [0.3, 0.4) is 0 Å². The summed E-state index contributed by atoms with van der Waals surface area (Å²) >= 11 is 9.26. The van der Waals surface area contributed by atoms with Crippen LogP contribution in [0.1, 0.15) is 48.9 Å². The van der Waals surface area contributed by atoms with Crippen molar-refractivity contribution in [2.45, 2.75) is 44.6 Å². The van der Waals surface area contributed by atoms with Gasteiger partial charge in [0, 0.05) is 15.5 Å². The molecule has 0 unspecified atom stereocenters. The summed E-state index contributed by atoms with van der Waals surface area (Å²) in [4.78, 5) is 12.2. The summed E-state index contributed by atoms with van der Waals surface area (Å²) in [7, 11) is 0. The maximum atomic E-state index is 12.2. The Bertz CT molecular complexity index is 428. The molecule has 1 aromatic carbocycles. The Morgan fingerprint density at radius 2 is 1.89 bits per heavy atom. The van der Waals surface area contributed by atoms with Crippen LogP contribution in [0.25, 0.3) is 0 Å². The number of rotatable bonds is 2. The number of carbonyl (C=O) groups excluding carboxylic acids is 1. The van der Waals surface area contributed by atoms with Gasteiger partial charge in [-0.15, -0.1) is 0 Å². The highest BCUT2D eigenvalue weighted by Crippen LogP contribution is 2.23. The molecule has 1 aliphatic rings. The zero-order valence-electron chi connectivity index (χ0n) is 10.2. The molecule has 4 heteroatoms. The van der Waals surface area contributed by atoms with E-state index >= 15 is 0 Å². The highest BCUT2D eigenvalue weighted by Gasteiger charge is 2.17. The lowest BCUT2D eigenvalue weighted by molar-refractivity contribution is 0.0932. The fraction of sp³-hybridized carbons (Fsp3) is 0.500. The normalized spacial score (nSPS) is 17.2. The molecular weight excluding hydrogens is 314 g/mol. The zero-order chi connectivity index (χ0) is 13.0. The smallest absolute Gasteiger partial charge is 0.252 e. The number of benzene rings is 1. The maximum absolute atomic E-state index is 12.2. The van der Waals surface area contributed by atoms with Crippen molar-refractivity contribution in [3.05, 3.63) is 33.3 Å². The number of nitrogens with one attached hydrogen (secondary N) is 1. The van der Waals surface area contributed by atoms with E-state index in [1.165, 1.54) is 25.7 Å². The summed E-state index contributed by atoms with van der Waals surface area (Å²) in [5.41, 5.74) is 0.656. The fourth-order valence-electron chi connectivity index (χ4n) is 2.36. The van der Waals surface area contributed by atoms with Gasteiger partial charge < -0.3 is 5.32 Å². The molecule has 0 aromatic heterocycles. The zero-order valence-corrected chi connectivity index (χ0v) is 12.6. The first kappa shape index (κ1) is 13.9. The lowest BCUT2D eigenvalue weighted by atomic mass is 10.1. The molecule has 0 atom stereocenters. The average Bonchev–Trinajstić information content (AvgIpc) is 2.57. The van der Waals surface area contributed by atoms with Crippen LogP contribution >= 0.6 is 27.5 Å². The van der Waals surface area contributed by atoms with Gasteiger partial charge in [0.15, 0.2) is 0 Å². The van der Waals surface area contributed by atoms with Crippen molar-refractivity contribution < 1.29 is 4.79 Å². The summed E-state index contributed by atoms with van der Waals surface area (Å²) in [6.07, 6.45) is 7.20. The molecule has 1 N–H and O–H groups in total. The van der Waals surface area contributed by atoms with Crippen LogP contribution in [0, 0.1) is 0 Å². The van der Waals surface area contributed by atoms with E-state index in [1.807, 2.05) is 0 Å². The lowest BCUT2D eigenvalue weighted by Crippen LogP contribution is -2.34. The second-order valence-electron chi connectivity index (χ2n) is 4.79. The van der Waals surface area contributed by atoms with E-state index < -0.39 is 0 Å². The number of hydrogen-bond donors (Lipinski definition) is 1. The summed E-state index contributed by atoms with van der Waals surface area (Å²) in [6.45, 7) is 0. The minimum atomic E-state index is -0.00885. The standard InChI is InChI=1S/C14H17BrClNO/c15-13-9-10(16)7-8-12(13)14(18)17-11-5-3-1-2-4-6-11/h7-9,11H,1-6H2,(H,17,18). The molecule has 98 valence electrons. The van der Waals surface area contributed by atoms with Crippen LogP contribution in [0.15, 0.2) is 22.7 Å². The van der Waals surface area contributed by atoms with Gasteiger partial charge in [-0.25, -0.2) is 0 Å². The lowest BCUT2D eigenvalue weighted by Gasteiger charge is -2.16. The largest absolute Gasteiger partial charge is 0.349 e. The highest BCUT2D eigenvalue weighted by atomic mass is 79.9.